The topological polar surface area (TPSA) is 42.7 Å². The molecule has 18 heavy (non-hydrogen) atoms. The van der Waals surface area contributed by atoms with Crippen molar-refractivity contribution in [3.8, 4) is 0 Å². The van der Waals surface area contributed by atoms with Gasteiger partial charge in [0.2, 0.25) is 0 Å². The van der Waals surface area contributed by atoms with E-state index in [1.807, 2.05) is 7.05 Å². The maximum absolute atomic E-state index is 13.4. The standard InChI is InChI=1S/C12H14ClFN4/c1-18-8-16-12(17-18)4-5-15-7-9-6-10(13)2-3-11(9)14/h2-3,6,8,15H,4-5,7H2,1H3. The number of nitrogens with zero attached hydrogens (tertiary/aromatic N) is 3. The first kappa shape index (κ1) is 13.0. The second kappa shape index (κ2) is 5.93. The summed E-state index contributed by atoms with van der Waals surface area (Å²) in [4.78, 5) is 4.11. The predicted octanol–water partition coefficient (Wildman–Crippen LogP) is 1.94. The largest absolute Gasteiger partial charge is 0.312 e. The monoisotopic (exact) mass is 268 g/mol. The van der Waals surface area contributed by atoms with E-state index in [1.165, 1.54) is 12.1 Å². The molecule has 0 aliphatic heterocycles. The van der Waals surface area contributed by atoms with Crippen molar-refractivity contribution in [3.63, 3.8) is 0 Å². The molecule has 1 aromatic carbocycles. The third-order valence-electron chi connectivity index (χ3n) is 2.50. The van der Waals surface area contributed by atoms with E-state index in [4.69, 9.17) is 11.6 Å². The summed E-state index contributed by atoms with van der Waals surface area (Å²) in [6, 6.07) is 4.54. The summed E-state index contributed by atoms with van der Waals surface area (Å²) < 4.78 is 15.1. The molecule has 0 atom stereocenters. The van der Waals surface area contributed by atoms with Gasteiger partial charge in [-0.2, -0.15) is 5.10 Å². The molecule has 0 bridgehead atoms. The molecular weight excluding hydrogens is 255 g/mol. The second-order valence-electron chi connectivity index (χ2n) is 4.00. The molecule has 0 amide bonds. The van der Waals surface area contributed by atoms with E-state index in [9.17, 15) is 4.39 Å². The zero-order valence-electron chi connectivity index (χ0n) is 10.0. The fourth-order valence-electron chi connectivity index (χ4n) is 1.60. The summed E-state index contributed by atoms with van der Waals surface area (Å²) in [6.07, 6.45) is 2.37. The molecule has 6 heteroatoms. The molecule has 0 aliphatic carbocycles. The Morgan fingerprint density at radius 2 is 2.28 bits per heavy atom. The fraction of sp³-hybridized carbons (Fsp3) is 0.333. The number of hydrogen-bond donors (Lipinski definition) is 1. The van der Waals surface area contributed by atoms with E-state index in [0.29, 0.717) is 30.1 Å². The number of benzene rings is 1. The number of aromatic nitrogens is 3. The van der Waals surface area contributed by atoms with Crippen molar-refractivity contribution in [1.82, 2.24) is 20.1 Å². The zero-order chi connectivity index (χ0) is 13.0. The predicted molar refractivity (Wildman–Crippen MR) is 67.8 cm³/mol. The Morgan fingerprint density at radius 3 is 3.00 bits per heavy atom. The van der Waals surface area contributed by atoms with Crippen molar-refractivity contribution in [2.45, 2.75) is 13.0 Å². The van der Waals surface area contributed by atoms with E-state index in [0.717, 1.165) is 5.82 Å². The van der Waals surface area contributed by atoms with Crippen molar-refractivity contribution < 1.29 is 4.39 Å². The van der Waals surface area contributed by atoms with E-state index < -0.39 is 0 Å². The molecule has 0 saturated carbocycles. The molecule has 0 unspecified atom stereocenters. The minimum atomic E-state index is -0.247. The first-order chi connectivity index (χ1) is 8.65. The Labute approximate surface area is 110 Å². The normalized spacial score (nSPS) is 10.8. The highest BCUT2D eigenvalue weighted by Gasteiger charge is 2.03. The third kappa shape index (κ3) is 3.51. The van der Waals surface area contributed by atoms with Crippen molar-refractivity contribution >= 4 is 11.6 Å². The van der Waals surface area contributed by atoms with Crippen molar-refractivity contribution in [2.75, 3.05) is 6.54 Å². The van der Waals surface area contributed by atoms with Crippen LogP contribution in [0.25, 0.3) is 0 Å². The van der Waals surface area contributed by atoms with Crippen LogP contribution in [-0.2, 0) is 20.0 Å². The quantitative estimate of drug-likeness (QED) is 0.843. The van der Waals surface area contributed by atoms with Crippen LogP contribution in [0.1, 0.15) is 11.4 Å². The lowest BCUT2D eigenvalue weighted by atomic mass is 10.2. The molecule has 0 spiro atoms. The van der Waals surface area contributed by atoms with E-state index in [-0.39, 0.29) is 5.82 Å². The van der Waals surface area contributed by atoms with Crippen LogP contribution < -0.4 is 5.32 Å². The van der Waals surface area contributed by atoms with Gasteiger partial charge in [-0.05, 0) is 18.2 Å². The van der Waals surface area contributed by atoms with Crippen molar-refractivity contribution in [2.24, 2.45) is 7.05 Å². The van der Waals surface area contributed by atoms with E-state index >= 15 is 0 Å². The average Bonchev–Trinajstić information content (AvgIpc) is 2.75. The maximum Gasteiger partial charge on any atom is 0.151 e. The Bertz CT molecular complexity index is 527. The van der Waals surface area contributed by atoms with Crippen LogP contribution in [0, 0.1) is 5.82 Å². The molecule has 1 N–H and O–H groups in total. The van der Waals surface area contributed by atoms with Crippen LogP contribution in [0.5, 0.6) is 0 Å². The van der Waals surface area contributed by atoms with Gasteiger partial charge in [-0.25, -0.2) is 9.37 Å². The Balaban J connectivity index is 1.80. The summed E-state index contributed by atoms with van der Waals surface area (Å²) in [5.74, 6) is 0.527. The number of aryl methyl sites for hydroxylation is 1. The van der Waals surface area contributed by atoms with Crippen LogP contribution in [0.15, 0.2) is 24.5 Å². The smallest absolute Gasteiger partial charge is 0.151 e. The molecule has 0 fully saturated rings. The first-order valence-electron chi connectivity index (χ1n) is 5.64. The minimum Gasteiger partial charge on any atom is -0.312 e. The van der Waals surface area contributed by atoms with E-state index in [2.05, 4.69) is 15.4 Å². The SMILES string of the molecule is Cn1cnc(CCNCc2cc(Cl)ccc2F)n1. The number of nitrogens with one attached hydrogen (secondary N) is 1. The highest BCUT2D eigenvalue weighted by atomic mass is 35.5. The second-order valence-corrected chi connectivity index (χ2v) is 4.43. The van der Waals surface area contributed by atoms with E-state index in [1.54, 1.807) is 17.1 Å². The Kier molecular flexibility index (Phi) is 4.28. The molecule has 0 aliphatic rings. The highest BCUT2D eigenvalue weighted by molar-refractivity contribution is 6.30. The number of rotatable bonds is 5. The summed E-state index contributed by atoms with van der Waals surface area (Å²) >= 11 is 5.81. The van der Waals surface area contributed by atoms with Gasteiger partial charge in [0.05, 0.1) is 0 Å². The number of hydrogen-bond acceptors (Lipinski definition) is 3. The van der Waals surface area contributed by atoms with Gasteiger partial charge in [0, 0.05) is 37.1 Å². The average molecular weight is 269 g/mol. The molecular formula is C12H14ClFN4. The molecule has 96 valence electrons. The van der Waals surface area contributed by atoms with Crippen LogP contribution >= 0.6 is 11.6 Å². The lowest BCUT2D eigenvalue weighted by Crippen LogP contribution is -2.18. The van der Waals surface area contributed by atoms with Gasteiger partial charge < -0.3 is 5.32 Å². The van der Waals surface area contributed by atoms with Gasteiger partial charge >= 0.3 is 0 Å². The molecule has 2 aromatic rings. The van der Waals surface area contributed by atoms with Crippen LogP contribution in [-0.4, -0.2) is 21.3 Å². The maximum atomic E-state index is 13.4. The zero-order valence-corrected chi connectivity index (χ0v) is 10.8. The summed E-state index contributed by atoms with van der Waals surface area (Å²) in [6.45, 7) is 1.13. The van der Waals surface area contributed by atoms with Gasteiger partial charge in [0.25, 0.3) is 0 Å². The van der Waals surface area contributed by atoms with Crippen LogP contribution in [0.4, 0.5) is 4.39 Å². The molecule has 1 heterocycles. The minimum absolute atomic E-state index is 0.247. The molecule has 0 saturated heterocycles. The number of halogens is 2. The highest BCUT2D eigenvalue weighted by Crippen LogP contribution is 2.14. The van der Waals surface area contributed by atoms with Crippen LogP contribution in [0.3, 0.4) is 0 Å². The van der Waals surface area contributed by atoms with Gasteiger partial charge in [-0.3, -0.25) is 4.68 Å². The molecule has 0 radical (unpaired) electrons. The van der Waals surface area contributed by atoms with Gasteiger partial charge in [0.1, 0.15) is 12.1 Å². The summed E-state index contributed by atoms with van der Waals surface area (Å²) in [7, 11) is 1.82. The molecule has 1 aromatic heterocycles. The molecule has 2 rings (SSSR count). The lowest BCUT2D eigenvalue weighted by Gasteiger charge is -2.05. The van der Waals surface area contributed by atoms with Crippen molar-refractivity contribution in [1.29, 1.82) is 0 Å². The van der Waals surface area contributed by atoms with Gasteiger partial charge in [-0.15, -0.1) is 0 Å². The Hall–Kier alpha value is -1.46. The molecule has 4 nitrogen and oxygen atoms in total. The van der Waals surface area contributed by atoms with Crippen LogP contribution in [0.2, 0.25) is 5.02 Å². The summed E-state index contributed by atoms with van der Waals surface area (Å²) in [5.41, 5.74) is 0.566. The van der Waals surface area contributed by atoms with Gasteiger partial charge in [-0.1, -0.05) is 11.6 Å². The fourth-order valence-corrected chi connectivity index (χ4v) is 1.80. The van der Waals surface area contributed by atoms with Gasteiger partial charge in [0.15, 0.2) is 5.82 Å². The summed E-state index contributed by atoms with van der Waals surface area (Å²) in [5, 5.41) is 7.84. The Morgan fingerprint density at radius 1 is 1.44 bits per heavy atom. The lowest BCUT2D eigenvalue weighted by molar-refractivity contribution is 0.585. The third-order valence-corrected chi connectivity index (χ3v) is 2.73. The first-order valence-corrected chi connectivity index (χ1v) is 6.02. The van der Waals surface area contributed by atoms with Crippen molar-refractivity contribution in [3.05, 3.63) is 46.8 Å².